The summed E-state index contributed by atoms with van der Waals surface area (Å²) in [5, 5.41) is 6.32. The predicted octanol–water partition coefficient (Wildman–Crippen LogP) is 2.91. The van der Waals surface area contributed by atoms with Crippen molar-refractivity contribution in [3.05, 3.63) is 34.9 Å². The number of carbonyl (C=O) groups is 1. The molecule has 0 unspecified atom stereocenters. The molecule has 2 N–H and O–H groups in total. The molecular weight excluding hydrogens is 260 g/mol. The van der Waals surface area contributed by atoms with Gasteiger partial charge in [0, 0.05) is 26.1 Å². The molecule has 1 aromatic rings. The van der Waals surface area contributed by atoms with Gasteiger partial charge in [-0.15, -0.1) is 12.4 Å². The SMILES string of the molecule is CCCCCC(=O)NCc1ccc2c(c1)CNC2.Cl. The van der Waals surface area contributed by atoms with E-state index in [0.717, 1.165) is 32.4 Å². The summed E-state index contributed by atoms with van der Waals surface area (Å²) in [6, 6.07) is 6.47. The lowest BCUT2D eigenvalue weighted by molar-refractivity contribution is -0.121. The zero-order valence-electron chi connectivity index (χ0n) is 11.5. The number of amides is 1. The highest BCUT2D eigenvalue weighted by atomic mass is 35.5. The van der Waals surface area contributed by atoms with Crippen molar-refractivity contribution in [2.75, 3.05) is 0 Å². The fourth-order valence-corrected chi connectivity index (χ4v) is 2.28. The first kappa shape index (κ1) is 16.0. The summed E-state index contributed by atoms with van der Waals surface area (Å²) < 4.78 is 0. The largest absolute Gasteiger partial charge is 0.352 e. The van der Waals surface area contributed by atoms with Crippen molar-refractivity contribution < 1.29 is 4.79 Å². The van der Waals surface area contributed by atoms with E-state index in [-0.39, 0.29) is 18.3 Å². The number of rotatable bonds is 6. The maximum Gasteiger partial charge on any atom is 0.220 e. The molecule has 106 valence electrons. The second-order valence-electron chi connectivity index (χ2n) is 4.94. The molecule has 0 saturated carbocycles. The van der Waals surface area contributed by atoms with Crippen LogP contribution in [0, 0.1) is 0 Å². The third kappa shape index (κ3) is 4.84. The number of fused-ring (bicyclic) bond motifs is 1. The van der Waals surface area contributed by atoms with Crippen LogP contribution in [-0.4, -0.2) is 5.91 Å². The smallest absolute Gasteiger partial charge is 0.220 e. The van der Waals surface area contributed by atoms with Crippen molar-refractivity contribution in [3.8, 4) is 0 Å². The molecule has 4 heteroatoms. The summed E-state index contributed by atoms with van der Waals surface area (Å²) in [5.41, 5.74) is 3.95. The molecular formula is C15H23ClN2O. The summed E-state index contributed by atoms with van der Waals surface area (Å²) in [6.45, 7) is 4.72. The van der Waals surface area contributed by atoms with Crippen molar-refractivity contribution in [1.29, 1.82) is 0 Å². The third-order valence-corrected chi connectivity index (χ3v) is 3.40. The molecule has 0 atom stereocenters. The number of hydrogen-bond donors (Lipinski definition) is 2. The molecule has 1 aromatic carbocycles. The van der Waals surface area contributed by atoms with E-state index in [4.69, 9.17) is 0 Å². The standard InChI is InChI=1S/C15H22N2O.ClH/c1-2-3-4-5-15(18)17-9-12-6-7-13-10-16-11-14(13)8-12;/h6-8,16H,2-5,9-11H2,1H3,(H,17,18);1H. The third-order valence-electron chi connectivity index (χ3n) is 3.40. The molecule has 1 aliphatic heterocycles. The van der Waals surface area contributed by atoms with E-state index in [0.29, 0.717) is 13.0 Å². The number of nitrogens with one attached hydrogen (secondary N) is 2. The second kappa shape index (κ2) is 8.18. The van der Waals surface area contributed by atoms with Crippen LogP contribution in [0.1, 0.15) is 49.3 Å². The zero-order valence-corrected chi connectivity index (χ0v) is 12.3. The normalized spacial score (nSPS) is 12.7. The van der Waals surface area contributed by atoms with Gasteiger partial charge in [-0.1, -0.05) is 38.0 Å². The Balaban J connectivity index is 0.00000180. The van der Waals surface area contributed by atoms with Crippen LogP contribution in [0.25, 0.3) is 0 Å². The van der Waals surface area contributed by atoms with Gasteiger partial charge in [-0.2, -0.15) is 0 Å². The highest BCUT2D eigenvalue weighted by Gasteiger charge is 2.10. The molecule has 2 rings (SSSR count). The lowest BCUT2D eigenvalue weighted by Gasteiger charge is -2.07. The van der Waals surface area contributed by atoms with Gasteiger partial charge in [0.05, 0.1) is 0 Å². The number of carbonyl (C=O) groups excluding carboxylic acids is 1. The Morgan fingerprint density at radius 3 is 2.84 bits per heavy atom. The van der Waals surface area contributed by atoms with E-state index in [9.17, 15) is 4.79 Å². The van der Waals surface area contributed by atoms with E-state index in [1.165, 1.54) is 16.7 Å². The molecule has 1 aliphatic rings. The number of halogens is 1. The Kier molecular flexibility index (Phi) is 6.89. The molecule has 0 spiro atoms. The van der Waals surface area contributed by atoms with Crippen LogP contribution in [0.2, 0.25) is 0 Å². The van der Waals surface area contributed by atoms with Crippen LogP contribution in [0.15, 0.2) is 18.2 Å². The molecule has 19 heavy (non-hydrogen) atoms. The van der Waals surface area contributed by atoms with Gasteiger partial charge in [-0.25, -0.2) is 0 Å². The molecule has 0 radical (unpaired) electrons. The summed E-state index contributed by atoms with van der Waals surface area (Å²) in [6.07, 6.45) is 3.94. The highest BCUT2D eigenvalue weighted by molar-refractivity contribution is 5.85. The van der Waals surface area contributed by atoms with Crippen molar-refractivity contribution in [2.24, 2.45) is 0 Å². The second-order valence-corrected chi connectivity index (χ2v) is 4.94. The quantitative estimate of drug-likeness (QED) is 0.788. The van der Waals surface area contributed by atoms with Crippen molar-refractivity contribution in [3.63, 3.8) is 0 Å². The van der Waals surface area contributed by atoms with Gasteiger partial charge in [0.1, 0.15) is 0 Å². The minimum Gasteiger partial charge on any atom is -0.352 e. The minimum atomic E-state index is 0. The fourth-order valence-electron chi connectivity index (χ4n) is 2.28. The minimum absolute atomic E-state index is 0. The molecule has 0 aliphatic carbocycles. The molecule has 1 amide bonds. The Morgan fingerprint density at radius 2 is 2.05 bits per heavy atom. The van der Waals surface area contributed by atoms with Gasteiger partial charge >= 0.3 is 0 Å². The van der Waals surface area contributed by atoms with Gasteiger partial charge in [0.15, 0.2) is 0 Å². The summed E-state index contributed by atoms with van der Waals surface area (Å²) >= 11 is 0. The van der Waals surface area contributed by atoms with E-state index in [1.807, 2.05) is 0 Å². The van der Waals surface area contributed by atoms with Gasteiger partial charge in [-0.3, -0.25) is 4.79 Å². The molecule has 0 saturated heterocycles. The number of hydrogen-bond acceptors (Lipinski definition) is 2. The summed E-state index contributed by atoms with van der Waals surface area (Å²) in [4.78, 5) is 11.6. The molecule has 0 fully saturated rings. The summed E-state index contributed by atoms with van der Waals surface area (Å²) in [5.74, 6) is 0.169. The monoisotopic (exact) mass is 282 g/mol. The van der Waals surface area contributed by atoms with Crippen molar-refractivity contribution in [2.45, 2.75) is 52.2 Å². The van der Waals surface area contributed by atoms with E-state index < -0.39 is 0 Å². The van der Waals surface area contributed by atoms with E-state index >= 15 is 0 Å². The van der Waals surface area contributed by atoms with Crippen molar-refractivity contribution in [1.82, 2.24) is 10.6 Å². The maximum absolute atomic E-state index is 11.6. The summed E-state index contributed by atoms with van der Waals surface area (Å²) in [7, 11) is 0. The lowest BCUT2D eigenvalue weighted by Crippen LogP contribution is -2.22. The van der Waals surface area contributed by atoms with Crippen LogP contribution < -0.4 is 10.6 Å². The number of benzene rings is 1. The van der Waals surface area contributed by atoms with Gasteiger partial charge in [0.2, 0.25) is 5.91 Å². The van der Waals surface area contributed by atoms with Gasteiger partial charge in [-0.05, 0) is 23.1 Å². The topological polar surface area (TPSA) is 41.1 Å². The zero-order chi connectivity index (χ0) is 12.8. The first-order valence-corrected chi connectivity index (χ1v) is 6.87. The average Bonchev–Trinajstić information content (AvgIpc) is 2.84. The highest BCUT2D eigenvalue weighted by Crippen LogP contribution is 2.16. The predicted molar refractivity (Wildman–Crippen MR) is 80.2 cm³/mol. The van der Waals surface area contributed by atoms with E-state index in [2.05, 4.69) is 35.8 Å². The maximum atomic E-state index is 11.6. The first-order valence-electron chi connectivity index (χ1n) is 6.87. The number of unbranched alkanes of at least 4 members (excludes halogenated alkanes) is 2. The van der Waals surface area contributed by atoms with Gasteiger partial charge < -0.3 is 10.6 Å². The van der Waals surface area contributed by atoms with Crippen LogP contribution in [-0.2, 0) is 24.4 Å². The van der Waals surface area contributed by atoms with Crippen LogP contribution >= 0.6 is 12.4 Å². The molecule has 1 heterocycles. The van der Waals surface area contributed by atoms with Crippen molar-refractivity contribution >= 4 is 18.3 Å². The first-order chi connectivity index (χ1) is 8.79. The Hall–Kier alpha value is -1.06. The van der Waals surface area contributed by atoms with Gasteiger partial charge in [0.25, 0.3) is 0 Å². The van der Waals surface area contributed by atoms with E-state index in [1.54, 1.807) is 0 Å². The average molecular weight is 283 g/mol. The van der Waals surface area contributed by atoms with Crippen LogP contribution in [0.3, 0.4) is 0 Å². The molecule has 3 nitrogen and oxygen atoms in total. The lowest BCUT2D eigenvalue weighted by atomic mass is 10.1. The molecule has 0 bridgehead atoms. The fraction of sp³-hybridized carbons (Fsp3) is 0.533. The Bertz CT molecular complexity index is 421. The Morgan fingerprint density at radius 1 is 1.26 bits per heavy atom. The Labute approximate surface area is 121 Å². The molecule has 0 aromatic heterocycles. The van der Waals surface area contributed by atoms with Crippen LogP contribution in [0.5, 0.6) is 0 Å². The van der Waals surface area contributed by atoms with Crippen LogP contribution in [0.4, 0.5) is 0 Å².